The zero-order valence-corrected chi connectivity index (χ0v) is 13.2. The average molecular weight is 333 g/mol. The number of hydrogen-bond donors (Lipinski definition) is 0. The summed E-state index contributed by atoms with van der Waals surface area (Å²) >= 11 is -2.13. The summed E-state index contributed by atoms with van der Waals surface area (Å²) in [6.45, 7) is 4.38. The molecule has 0 heterocycles. The monoisotopic (exact) mass is 330 g/mol. The first-order valence-electron chi connectivity index (χ1n) is 4.62. The molecule has 0 spiro atoms. The van der Waals surface area contributed by atoms with E-state index in [-0.39, 0.29) is 0 Å². The van der Waals surface area contributed by atoms with Gasteiger partial charge in [0.05, 0.1) is 0 Å². The summed E-state index contributed by atoms with van der Waals surface area (Å²) in [7, 11) is 15.0. The Morgan fingerprint density at radius 2 is 1.93 bits per heavy atom. The van der Waals surface area contributed by atoms with Gasteiger partial charge in [-0.2, -0.15) is 17.7 Å². The van der Waals surface area contributed by atoms with Gasteiger partial charge in [0.2, 0.25) is 0 Å². The van der Waals surface area contributed by atoms with Crippen molar-refractivity contribution in [2.45, 2.75) is 33.1 Å². The van der Waals surface area contributed by atoms with Crippen molar-refractivity contribution in [3.63, 3.8) is 0 Å². The molecular weight excluding hydrogens is 318 g/mol. The van der Waals surface area contributed by atoms with E-state index in [1.165, 1.54) is 30.4 Å². The molecule has 1 rings (SSSR count). The van der Waals surface area contributed by atoms with E-state index < -0.39 is 18.2 Å². The molecule has 0 bridgehead atoms. The summed E-state index contributed by atoms with van der Waals surface area (Å²) in [6.07, 6.45) is 3.87. The van der Waals surface area contributed by atoms with Gasteiger partial charge in [0.15, 0.2) is 0 Å². The second-order valence-electron chi connectivity index (χ2n) is 3.11. The van der Waals surface area contributed by atoms with Crippen molar-refractivity contribution >= 4 is 25.5 Å². The van der Waals surface area contributed by atoms with Gasteiger partial charge in [-0.05, 0) is 0 Å². The molecule has 0 aliphatic carbocycles. The molecule has 0 saturated heterocycles. The molecule has 0 aliphatic rings. The number of rotatable bonds is 3. The van der Waals surface area contributed by atoms with Crippen LogP contribution in [-0.4, -0.2) is 0 Å². The summed E-state index contributed by atoms with van der Waals surface area (Å²) in [5.41, 5.74) is 2.89. The quantitative estimate of drug-likeness (QED) is 0.674. The van der Waals surface area contributed by atoms with Gasteiger partial charge in [-0.3, -0.25) is 0 Å². The van der Waals surface area contributed by atoms with E-state index in [9.17, 15) is 0 Å². The number of hydrogen-bond acceptors (Lipinski definition) is 0. The minimum absolute atomic E-state index is 1.25. The van der Waals surface area contributed by atoms with Crippen molar-refractivity contribution in [1.29, 1.82) is 0 Å². The van der Waals surface area contributed by atoms with Gasteiger partial charge in [-0.1, -0.05) is 33.1 Å². The minimum atomic E-state index is -2.13. The van der Waals surface area contributed by atoms with Crippen molar-refractivity contribution in [2.24, 2.45) is 0 Å². The third kappa shape index (κ3) is 9.65. The fourth-order valence-corrected chi connectivity index (χ4v) is 1.16. The molecule has 81 valence electrons. The SMILES string of the molecule is CCCC[c-]1ccc(C)c1.[Cl][Zr]([Cl])[Cl]. The molecule has 0 unspecified atom stereocenters. The molecule has 0 nitrogen and oxygen atoms in total. The summed E-state index contributed by atoms with van der Waals surface area (Å²) in [5.74, 6) is 0. The fourth-order valence-electron chi connectivity index (χ4n) is 1.16. The van der Waals surface area contributed by atoms with Gasteiger partial charge < -0.3 is 0 Å². The van der Waals surface area contributed by atoms with Crippen LogP contribution in [0.15, 0.2) is 18.2 Å². The molecule has 0 atom stereocenters. The Hall–Kier alpha value is 1.10. The molecule has 1 aromatic carbocycles. The fraction of sp³-hybridized carbons (Fsp3) is 0.500. The zero-order chi connectivity index (χ0) is 11.0. The summed E-state index contributed by atoms with van der Waals surface area (Å²) in [6, 6.07) is 6.69. The van der Waals surface area contributed by atoms with Gasteiger partial charge in [0.25, 0.3) is 0 Å². The molecule has 0 amide bonds. The summed E-state index contributed by atoms with van der Waals surface area (Å²) < 4.78 is 0. The van der Waals surface area contributed by atoms with Crippen LogP contribution in [0.2, 0.25) is 0 Å². The molecule has 1 aromatic rings. The van der Waals surface area contributed by atoms with Gasteiger partial charge in [0, 0.05) is 0 Å². The molecule has 0 saturated carbocycles. The Morgan fingerprint density at radius 1 is 1.36 bits per heavy atom. The standard InChI is InChI=1S/C10H15.3ClH.Zr/c1-3-4-5-10-7-6-9(2)8-10;;;;/h6-8H,3-5H2,1-2H3;3*1H;/q-1;;;;+3/p-3. The van der Waals surface area contributed by atoms with Crippen LogP contribution in [0, 0.1) is 6.92 Å². The second kappa shape index (κ2) is 9.34. The third-order valence-electron chi connectivity index (χ3n) is 1.79. The van der Waals surface area contributed by atoms with E-state index in [1.54, 1.807) is 0 Å². The van der Waals surface area contributed by atoms with Gasteiger partial charge in [-0.25, -0.2) is 11.6 Å². The predicted molar refractivity (Wildman–Crippen MR) is 62.9 cm³/mol. The average Bonchev–Trinajstić information content (AvgIpc) is 2.47. The van der Waals surface area contributed by atoms with E-state index in [4.69, 9.17) is 25.5 Å². The second-order valence-corrected chi connectivity index (χ2v) is 14.3. The van der Waals surface area contributed by atoms with Crippen LogP contribution >= 0.6 is 25.5 Å². The van der Waals surface area contributed by atoms with E-state index in [1.807, 2.05) is 0 Å². The molecule has 0 aromatic heterocycles. The molecule has 4 heteroatoms. The van der Waals surface area contributed by atoms with Crippen molar-refractivity contribution in [2.75, 3.05) is 0 Å². The number of unbranched alkanes of at least 4 members (excludes halogenated alkanes) is 1. The molecule has 0 fully saturated rings. The molecular formula is C10H15Cl3Zr-. The Kier molecular flexibility index (Phi) is 10.1. The van der Waals surface area contributed by atoms with Gasteiger partial charge in [-0.15, -0.1) is 0 Å². The number of aryl methyl sites for hydroxylation is 2. The van der Waals surface area contributed by atoms with Crippen molar-refractivity contribution < 1.29 is 18.2 Å². The Bertz CT molecular complexity index is 230. The van der Waals surface area contributed by atoms with Crippen LogP contribution in [0.3, 0.4) is 0 Å². The van der Waals surface area contributed by atoms with E-state index >= 15 is 0 Å². The maximum absolute atomic E-state index is 5.00. The zero-order valence-electron chi connectivity index (χ0n) is 8.49. The first-order valence-corrected chi connectivity index (χ1v) is 14.1. The van der Waals surface area contributed by atoms with Crippen LogP contribution in [0.25, 0.3) is 0 Å². The Balaban J connectivity index is 0.000000364. The van der Waals surface area contributed by atoms with Crippen LogP contribution in [-0.2, 0) is 24.6 Å². The van der Waals surface area contributed by atoms with Gasteiger partial charge in [0.1, 0.15) is 0 Å². The first-order chi connectivity index (χ1) is 6.56. The third-order valence-corrected chi connectivity index (χ3v) is 1.79. The van der Waals surface area contributed by atoms with Crippen molar-refractivity contribution in [3.05, 3.63) is 29.3 Å². The van der Waals surface area contributed by atoms with Crippen LogP contribution in [0.1, 0.15) is 30.9 Å². The van der Waals surface area contributed by atoms with Crippen LogP contribution in [0.4, 0.5) is 0 Å². The topological polar surface area (TPSA) is 0 Å². The van der Waals surface area contributed by atoms with Crippen molar-refractivity contribution in [3.8, 4) is 0 Å². The summed E-state index contributed by atoms with van der Waals surface area (Å²) in [5, 5.41) is 0. The maximum atomic E-state index is 5.00. The van der Waals surface area contributed by atoms with Crippen LogP contribution < -0.4 is 0 Å². The van der Waals surface area contributed by atoms with Gasteiger partial charge >= 0.3 is 43.7 Å². The van der Waals surface area contributed by atoms with E-state index in [0.29, 0.717) is 0 Å². The molecule has 14 heavy (non-hydrogen) atoms. The van der Waals surface area contributed by atoms with E-state index in [2.05, 4.69) is 32.0 Å². The Morgan fingerprint density at radius 3 is 2.29 bits per heavy atom. The summed E-state index contributed by atoms with van der Waals surface area (Å²) in [4.78, 5) is 0. The van der Waals surface area contributed by atoms with Crippen molar-refractivity contribution in [1.82, 2.24) is 0 Å². The van der Waals surface area contributed by atoms with E-state index in [0.717, 1.165) is 0 Å². The number of halogens is 3. The van der Waals surface area contributed by atoms with Crippen LogP contribution in [0.5, 0.6) is 0 Å². The molecule has 0 N–H and O–H groups in total. The molecule has 0 radical (unpaired) electrons. The Labute approximate surface area is 105 Å². The first kappa shape index (κ1) is 15.1. The molecule has 0 aliphatic heterocycles. The predicted octanol–water partition coefficient (Wildman–Crippen LogP) is 5.12. The normalized spacial score (nSPS) is 9.21.